The van der Waals surface area contributed by atoms with Crippen LogP contribution in [0.3, 0.4) is 0 Å². The molecule has 17 heavy (non-hydrogen) atoms. The van der Waals surface area contributed by atoms with Gasteiger partial charge < -0.3 is 10.1 Å². The van der Waals surface area contributed by atoms with Gasteiger partial charge >= 0.3 is 6.01 Å². The molecule has 96 valence electrons. The first-order valence-corrected chi connectivity index (χ1v) is 7.22. The fourth-order valence-corrected chi connectivity index (χ4v) is 1.90. The Bertz CT molecular complexity index is 353. The Morgan fingerprint density at radius 2 is 2.18 bits per heavy atom. The van der Waals surface area contributed by atoms with Crippen LogP contribution < -0.4 is 10.1 Å². The fourth-order valence-electron chi connectivity index (χ4n) is 1.17. The van der Waals surface area contributed by atoms with Crippen molar-refractivity contribution in [1.82, 2.24) is 15.0 Å². The van der Waals surface area contributed by atoms with E-state index in [4.69, 9.17) is 16.3 Å². The van der Waals surface area contributed by atoms with Gasteiger partial charge in [-0.1, -0.05) is 6.92 Å². The minimum Gasteiger partial charge on any atom is -0.463 e. The summed E-state index contributed by atoms with van der Waals surface area (Å²) in [6.45, 7) is 4.64. The molecule has 0 radical (unpaired) electrons. The number of nitrogens with one attached hydrogen (secondary N) is 1. The first-order chi connectivity index (χ1) is 8.15. The maximum atomic E-state index is 5.80. The van der Waals surface area contributed by atoms with Gasteiger partial charge in [0.1, 0.15) is 0 Å². The maximum absolute atomic E-state index is 5.80. The number of halogens is 1. The van der Waals surface area contributed by atoms with Gasteiger partial charge in [-0.2, -0.15) is 26.7 Å². The molecular weight excluding hydrogens is 260 g/mol. The predicted octanol–water partition coefficient (Wildman–Crippen LogP) is 2.48. The predicted molar refractivity (Wildman–Crippen MR) is 72.1 cm³/mol. The van der Waals surface area contributed by atoms with Gasteiger partial charge in [0.15, 0.2) is 0 Å². The van der Waals surface area contributed by atoms with Crippen molar-refractivity contribution in [2.24, 2.45) is 0 Å². The molecule has 0 spiro atoms. The summed E-state index contributed by atoms with van der Waals surface area (Å²) >= 11 is 7.56. The lowest BCUT2D eigenvalue weighted by molar-refractivity contribution is 0.291. The number of thioether (sulfide) groups is 1. The van der Waals surface area contributed by atoms with Crippen molar-refractivity contribution in [2.75, 3.05) is 23.9 Å². The van der Waals surface area contributed by atoms with Gasteiger partial charge in [0.25, 0.3) is 0 Å². The van der Waals surface area contributed by atoms with Crippen molar-refractivity contribution < 1.29 is 4.74 Å². The molecule has 1 heterocycles. The molecule has 0 aromatic carbocycles. The molecule has 0 saturated heterocycles. The van der Waals surface area contributed by atoms with Crippen molar-refractivity contribution >= 4 is 29.3 Å². The standard InChI is InChI=1S/C10H17ClN4OS/c1-4-5-16-10-14-8(11)13-9(15-10)12-7(2)6-17-3/h7H,4-6H2,1-3H3,(H,12,13,14,15). The third-order valence-corrected chi connectivity index (χ3v) is 2.82. The van der Waals surface area contributed by atoms with E-state index >= 15 is 0 Å². The summed E-state index contributed by atoms with van der Waals surface area (Å²) in [5.74, 6) is 1.42. The molecule has 5 nitrogen and oxygen atoms in total. The molecule has 0 bridgehead atoms. The Labute approximate surface area is 111 Å². The van der Waals surface area contributed by atoms with Crippen molar-refractivity contribution in [1.29, 1.82) is 0 Å². The quantitative estimate of drug-likeness (QED) is 0.826. The third-order valence-electron chi connectivity index (χ3n) is 1.82. The molecule has 1 rings (SSSR count). The Balaban J connectivity index is 2.67. The summed E-state index contributed by atoms with van der Waals surface area (Å²) in [7, 11) is 0. The monoisotopic (exact) mass is 276 g/mol. The molecule has 0 saturated carbocycles. The number of hydrogen-bond donors (Lipinski definition) is 1. The van der Waals surface area contributed by atoms with Crippen LogP contribution in [0.4, 0.5) is 5.95 Å². The SMILES string of the molecule is CCCOc1nc(Cl)nc(NC(C)CSC)n1. The topological polar surface area (TPSA) is 59.9 Å². The van der Waals surface area contributed by atoms with Crippen molar-refractivity contribution in [3.05, 3.63) is 5.28 Å². The molecule has 0 amide bonds. The average molecular weight is 277 g/mol. The second kappa shape index (κ2) is 7.55. The van der Waals surface area contributed by atoms with E-state index in [0.717, 1.165) is 12.2 Å². The van der Waals surface area contributed by atoms with Crippen LogP contribution in [-0.2, 0) is 0 Å². The van der Waals surface area contributed by atoms with Crippen molar-refractivity contribution in [2.45, 2.75) is 26.3 Å². The van der Waals surface area contributed by atoms with Gasteiger partial charge in [0.05, 0.1) is 6.61 Å². The maximum Gasteiger partial charge on any atom is 0.322 e. The molecule has 1 atom stereocenters. The fraction of sp³-hybridized carbons (Fsp3) is 0.700. The van der Waals surface area contributed by atoms with E-state index in [9.17, 15) is 0 Å². The number of aromatic nitrogens is 3. The second-order valence-electron chi connectivity index (χ2n) is 3.56. The molecule has 0 aliphatic heterocycles. The molecule has 0 fully saturated rings. The van der Waals surface area contributed by atoms with Gasteiger partial charge in [-0.05, 0) is 31.2 Å². The van der Waals surface area contributed by atoms with Crippen LogP contribution in [0.1, 0.15) is 20.3 Å². The minimum atomic E-state index is 0.143. The van der Waals surface area contributed by atoms with Crippen molar-refractivity contribution in [3.63, 3.8) is 0 Å². The van der Waals surface area contributed by atoms with Crippen LogP contribution in [0, 0.1) is 0 Å². The lowest BCUT2D eigenvalue weighted by atomic mass is 10.4. The summed E-state index contributed by atoms with van der Waals surface area (Å²) in [4.78, 5) is 12.1. The van der Waals surface area contributed by atoms with Crippen LogP contribution in [0.25, 0.3) is 0 Å². The molecule has 1 N–H and O–H groups in total. The molecular formula is C10H17ClN4OS. The molecule has 7 heteroatoms. The number of ether oxygens (including phenoxy) is 1. The highest BCUT2D eigenvalue weighted by atomic mass is 35.5. The van der Waals surface area contributed by atoms with Crippen LogP contribution in [0.2, 0.25) is 5.28 Å². The minimum absolute atomic E-state index is 0.143. The van der Waals surface area contributed by atoms with Crippen LogP contribution >= 0.6 is 23.4 Å². The molecule has 1 unspecified atom stereocenters. The zero-order chi connectivity index (χ0) is 12.7. The van der Waals surface area contributed by atoms with Gasteiger partial charge in [0, 0.05) is 11.8 Å². The Morgan fingerprint density at radius 3 is 2.82 bits per heavy atom. The normalized spacial score (nSPS) is 12.2. The Kier molecular flexibility index (Phi) is 6.36. The number of hydrogen-bond acceptors (Lipinski definition) is 6. The summed E-state index contributed by atoms with van der Waals surface area (Å²) in [5.41, 5.74) is 0. The zero-order valence-electron chi connectivity index (χ0n) is 10.2. The smallest absolute Gasteiger partial charge is 0.322 e. The first-order valence-electron chi connectivity index (χ1n) is 5.45. The van der Waals surface area contributed by atoms with Gasteiger partial charge in [0.2, 0.25) is 11.2 Å². The third kappa shape index (κ3) is 5.41. The summed E-state index contributed by atoms with van der Waals surface area (Å²) < 4.78 is 5.33. The van der Waals surface area contributed by atoms with Crippen LogP contribution in [0.5, 0.6) is 6.01 Å². The Morgan fingerprint density at radius 1 is 1.41 bits per heavy atom. The van der Waals surface area contributed by atoms with Gasteiger partial charge in [-0.25, -0.2) is 0 Å². The second-order valence-corrected chi connectivity index (χ2v) is 4.81. The Hall–Kier alpha value is -0.750. The highest BCUT2D eigenvalue weighted by Gasteiger charge is 2.08. The van der Waals surface area contributed by atoms with Crippen LogP contribution in [-0.4, -0.2) is 39.6 Å². The van der Waals surface area contributed by atoms with E-state index in [2.05, 4.69) is 27.2 Å². The van der Waals surface area contributed by atoms with E-state index in [1.165, 1.54) is 0 Å². The summed E-state index contributed by atoms with van der Waals surface area (Å²) in [6.07, 6.45) is 2.95. The molecule has 1 aromatic rings. The first kappa shape index (κ1) is 14.3. The highest BCUT2D eigenvalue weighted by molar-refractivity contribution is 7.98. The highest BCUT2D eigenvalue weighted by Crippen LogP contribution is 2.13. The van der Waals surface area contributed by atoms with Crippen LogP contribution in [0.15, 0.2) is 0 Å². The summed E-state index contributed by atoms with van der Waals surface area (Å²) in [5, 5.41) is 3.30. The van der Waals surface area contributed by atoms with E-state index < -0.39 is 0 Å². The lowest BCUT2D eigenvalue weighted by Crippen LogP contribution is -2.20. The average Bonchev–Trinajstić information content (AvgIpc) is 2.25. The van der Waals surface area contributed by atoms with E-state index in [0.29, 0.717) is 12.6 Å². The van der Waals surface area contributed by atoms with E-state index in [1.807, 2.05) is 13.2 Å². The summed E-state index contributed by atoms with van der Waals surface area (Å²) in [6, 6.07) is 0.535. The molecule has 0 aliphatic carbocycles. The van der Waals surface area contributed by atoms with Gasteiger partial charge in [-0.15, -0.1) is 0 Å². The molecule has 0 aliphatic rings. The number of nitrogens with zero attached hydrogens (tertiary/aromatic N) is 3. The van der Waals surface area contributed by atoms with E-state index in [1.54, 1.807) is 11.8 Å². The lowest BCUT2D eigenvalue weighted by Gasteiger charge is -2.12. The number of rotatable bonds is 7. The largest absolute Gasteiger partial charge is 0.463 e. The zero-order valence-corrected chi connectivity index (χ0v) is 11.8. The molecule has 1 aromatic heterocycles. The van der Waals surface area contributed by atoms with Crippen molar-refractivity contribution in [3.8, 4) is 6.01 Å². The number of anilines is 1. The van der Waals surface area contributed by atoms with Gasteiger partial charge in [-0.3, -0.25) is 0 Å². The van der Waals surface area contributed by atoms with E-state index in [-0.39, 0.29) is 17.3 Å².